The Morgan fingerprint density at radius 1 is 1.19 bits per heavy atom. The third-order valence-electron chi connectivity index (χ3n) is 3.41. The number of hydrogen-bond acceptors (Lipinski definition) is 1. The van der Waals surface area contributed by atoms with E-state index >= 15 is 0 Å². The van der Waals surface area contributed by atoms with Crippen LogP contribution < -0.4 is 5.32 Å². The van der Waals surface area contributed by atoms with Crippen LogP contribution in [-0.4, -0.2) is 6.54 Å². The van der Waals surface area contributed by atoms with Crippen molar-refractivity contribution in [3.63, 3.8) is 0 Å². The third kappa shape index (κ3) is 4.06. The van der Waals surface area contributed by atoms with Crippen LogP contribution in [0.25, 0.3) is 0 Å². The summed E-state index contributed by atoms with van der Waals surface area (Å²) in [6.07, 6.45) is 0.999. The van der Waals surface area contributed by atoms with Crippen molar-refractivity contribution in [2.45, 2.75) is 26.3 Å². The average molecular weight is 371 g/mol. The maximum absolute atomic E-state index is 13.6. The summed E-state index contributed by atoms with van der Waals surface area (Å²) in [4.78, 5) is 0. The first-order valence-corrected chi connectivity index (χ1v) is 8.14. The van der Waals surface area contributed by atoms with Gasteiger partial charge in [0.1, 0.15) is 5.82 Å². The van der Waals surface area contributed by atoms with Crippen LogP contribution >= 0.6 is 27.5 Å². The Kier molecular flexibility index (Phi) is 5.80. The molecule has 0 heterocycles. The average Bonchev–Trinajstić information content (AvgIpc) is 2.44. The number of aryl methyl sites for hydroxylation is 1. The molecule has 0 saturated heterocycles. The van der Waals surface area contributed by atoms with E-state index in [1.807, 2.05) is 19.1 Å². The quantitative estimate of drug-likeness (QED) is 0.718. The van der Waals surface area contributed by atoms with Gasteiger partial charge in [0.25, 0.3) is 0 Å². The largest absolute Gasteiger partial charge is 0.306 e. The molecule has 2 rings (SSSR count). The van der Waals surface area contributed by atoms with Crippen molar-refractivity contribution in [3.8, 4) is 0 Å². The van der Waals surface area contributed by atoms with Gasteiger partial charge in [0.2, 0.25) is 0 Å². The fraction of sp³-hybridized carbons (Fsp3) is 0.294. The van der Waals surface area contributed by atoms with Crippen LogP contribution in [0.3, 0.4) is 0 Å². The number of halogens is 3. The fourth-order valence-electron chi connectivity index (χ4n) is 2.37. The predicted molar refractivity (Wildman–Crippen MR) is 90.4 cm³/mol. The van der Waals surface area contributed by atoms with Gasteiger partial charge in [0, 0.05) is 9.50 Å². The van der Waals surface area contributed by atoms with E-state index in [9.17, 15) is 4.39 Å². The summed E-state index contributed by atoms with van der Waals surface area (Å²) in [6, 6.07) is 10.5. The molecule has 2 aromatic rings. The van der Waals surface area contributed by atoms with Crippen LogP contribution in [0.15, 0.2) is 40.9 Å². The molecule has 112 valence electrons. The van der Waals surface area contributed by atoms with Crippen molar-refractivity contribution in [2.75, 3.05) is 6.54 Å². The van der Waals surface area contributed by atoms with Crippen molar-refractivity contribution in [3.05, 3.63) is 68.4 Å². The van der Waals surface area contributed by atoms with Gasteiger partial charge in [0.15, 0.2) is 0 Å². The summed E-state index contributed by atoms with van der Waals surface area (Å²) in [6.45, 7) is 4.99. The first-order chi connectivity index (χ1) is 10.0. The highest BCUT2D eigenvalue weighted by atomic mass is 79.9. The van der Waals surface area contributed by atoms with Crippen molar-refractivity contribution in [1.29, 1.82) is 0 Å². The van der Waals surface area contributed by atoms with E-state index in [-0.39, 0.29) is 11.9 Å². The van der Waals surface area contributed by atoms with Gasteiger partial charge in [-0.3, -0.25) is 0 Å². The van der Waals surface area contributed by atoms with Gasteiger partial charge in [-0.1, -0.05) is 40.5 Å². The maximum atomic E-state index is 13.6. The molecule has 0 aliphatic carbocycles. The molecular formula is C17H18BrClFN. The second kappa shape index (κ2) is 7.39. The molecule has 0 spiro atoms. The summed E-state index contributed by atoms with van der Waals surface area (Å²) in [7, 11) is 0. The van der Waals surface area contributed by atoms with E-state index < -0.39 is 0 Å². The number of nitrogens with one attached hydrogen (secondary N) is 1. The molecule has 0 saturated carbocycles. The molecule has 2 aromatic carbocycles. The first-order valence-electron chi connectivity index (χ1n) is 6.97. The predicted octanol–water partition coefficient (Wildman–Crippen LogP) is 5.64. The number of hydrogen-bond donors (Lipinski definition) is 1. The first kappa shape index (κ1) is 16.5. The van der Waals surface area contributed by atoms with Crippen molar-refractivity contribution >= 4 is 27.5 Å². The van der Waals surface area contributed by atoms with Gasteiger partial charge in [-0.05, 0) is 66.9 Å². The fourth-order valence-corrected chi connectivity index (χ4v) is 3.08. The molecule has 0 bridgehead atoms. The summed E-state index contributed by atoms with van der Waals surface area (Å²) >= 11 is 9.76. The number of benzene rings is 2. The number of rotatable bonds is 5. The van der Waals surface area contributed by atoms with Crippen molar-refractivity contribution < 1.29 is 4.39 Å². The SMILES string of the molecule is CCCNC(c1ccc(Br)cc1C)c1cc(F)ccc1Cl. The Morgan fingerprint density at radius 2 is 1.95 bits per heavy atom. The van der Waals surface area contributed by atoms with E-state index in [4.69, 9.17) is 11.6 Å². The van der Waals surface area contributed by atoms with E-state index in [1.165, 1.54) is 12.1 Å². The van der Waals surface area contributed by atoms with Crippen LogP contribution in [0, 0.1) is 12.7 Å². The molecule has 0 aliphatic heterocycles. The van der Waals surface area contributed by atoms with Crippen molar-refractivity contribution in [1.82, 2.24) is 5.32 Å². The highest BCUT2D eigenvalue weighted by Gasteiger charge is 2.19. The molecule has 21 heavy (non-hydrogen) atoms. The van der Waals surface area contributed by atoms with Crippen LogP contribution in [0.1, 0.15) is 36.1 Å². The Morgan fingerprint density at radius 3 is 2.62 bits per heavy atom. The van der Waals surface area contributed by atoms with Gasteiger partial charge in [-0.2, -0.15) is 0 Å². The van der Waals surface area contributed by atoms with E-state index in [2.05, 4.69) is 34.2 Å². The Hall–Kier alpha value is -0.900. The molecule has 1 nitrogen and oxygen atoms in total. The highest BCUT2D eigenvalue weighted by molar-refractivity contribution is 9.10. The second-order valence-corrected chi connectivity index (χ2v) is 6.38. The Bertz CT molecular complexity index is 630. The van der Waals surface area contributed by atoms with Gasteiger partial charge < -0.3 is 5.32 Å². The molecular weight excluding hydrogens is 353 g/mol. The lowest BCUT2D eigenvalue weighted by atomic mass is 9.94. The van der Waals surface area contributed by atoms with E-state index in [0.29, 0.717) is 5.02 Å². The van der Waals surface area contributed by atoms with Crippen LogP contribution in [0.5, 0.6) is 0 Å². The maximum Gasteiger partial charge on any atom is 0.123 e. The second-order valence-electron chi connectivity index (χ2n) is 5.05. The molecule has 0 radical (unpaired) electrons. The third-order valence-corrected chi connectivity index (χ3v) is 4.25. The topological polar surface area (TPSA) is 12.0 Å². The van der Waals surface area contributed by atoms with Gasteiger partial charge >= 0.3 is 0 Å². The zero-order chi connectivity index (χ0) is 15.4. The van der Waals surface area contributed by atoms with Crippen LogP contribution in [0.4, 0.5) is 4.39 Å². The Balaban J connectivity index is 2.49. The monoisotopic (exact) mass is 369 g/mol. The minimum absolute atomic E-state index is 0.110. The normalized spacial score (nSPS) is 12.4. The molecule has 0 amide bonds. The minimum atomic E-state index is -0.271. The van der Waals surface area contributed by atoms with Gasteiger partial charge in [-0.25, -0.2) is 4.39 Å². The lowest BCUT2D eigenvalue weighted by molar-refractivity contribution is 0.584. The van der Waals surface area contributed by atoms with E-state index in [1.54, 1.807) is 6.07 Å². The summed E-state index contributed by atoms with van der Waals surface area (Å²) in [5, 5.41) is 4.04. The smallest absolute Gasteiger partial charge is 0.123 e. The van der Waals surface area contributed by atoms with E-state index in [0.717, 1.165) is 34.1 Å². The summed E-state index contributed by atoms with van der Waals surface area (Å²) < 4.78 is 14.6. The molecule has 4 heteroatoms. The molecule has 0 fully saturated rings. The molecule has 0 aromatic heterocycles. The standard InChI is InChI=1S/C17H18BrClFN/c1-3-8-21-17(14-6-4-12(18)9-11(14)2)15-10-13(20)5-7-16(15)19/h4-7,9-10,17,21H,3,8H2,1-2H3. The van der Waals surface area contributed by atoms with Crippen molar-refractivity contribution in [2.24, 2.45) is 0 Å². The lowest BCUT2D eigenvalue weighted by Gasteiger charge is -2.23. The molecule has 1 unspecified atom stereocenters. The summed E-state index contributed by atoms with van der Waals surface area (Å²) in [5.74, 6) is -0.271. The molecule has 0 aliphatic rings. The van der Waals surface area contributed by atoms with Gasteiger partial charge in [-0.15, -0.1) is 0 Å². The molecule has 1 atom stereocenters. The lowest BCUT2D eigenvalue weighted by Crippen LogP contribution is -2.24. The Labute approximate surface area is 138 Å². The zero-order valence-corrected chi connectivity index (χ0v) is 14.4. The minimum Gasteiger partial charge on any atom is -0.306 e. The molecule has 1 N–H and O–H groups in total. The van der Waals surface area contributed by atoms with Gasteiger partial charge in [0.05, 0.1) is 6.04 Å². The van der Waals surface area contributed by atoms with Crippen LogP contribution in [0.2, 0.25) is 5.02 Å². The van der Waals surface area contributed by atoms with Crippen LogP contribution in [-0.2, 0) is 0 Å². The highest BCUT2D eigenvalue weighted by Crippen LogP contribution is 2.31. The zero-order valence-electron chi connectivity index (χ0n) is 12.1. The summed E-state index contributed by atoms with van der Waals surface area (Å²) in [5.41, 5.74) is 3.02.